The van der Waals surface area contributed by atoms with E-state index in [9.17, 15) is 9.59 Å². The Hall–Kier alpha value is -1.64. The summed E-state index contributed by atoms with van der Waals surface area (Å²) in [7, 11) is 0. The van der Waals surface area contributed by atoms with E-state index in [1.165, 1.54) is 6.92 Å². The van der Waals surface area contributed by atoms with Gasteiger partial charge < -0.3 is 4.74 Å². The van der Waals surface area contributed by atoms with Crippen molar-refractivity contribution in [2.45, 2.75) is 13.5 Å². The Labute approximate surface area is 76.3 Å². The molecule has 0 bridgehead atoms. The minimum absolute atomic E-state index is 0.152. The normalized spacial score (nSPS) is 9.31. The van der Waals surface area contributed by atoms with Crippen molar-refractivity contribution >= 4 is 11.8 Å². The van der Waals surface area contributed by atoms with Gasteiger partial charge in [0.25, 0.3) is 0 Å². The largest absolute Gasteiger partial charge is 0.455 e. The highest BCUT2D eigenvalue weighted by Crippen LogP contribution is 2.00. The first-order chi connectivity index (χ1) is 6.20. The summed E-state index contributed by atoms with van der Waals surface area (Å²) in [6, 6.07) is 9.21. The van der Waals surface area contributed by atoms with Crippen molar-refractivity contribution in [2.24, 2.45) is 0 Å². The zero-order valence-electron chi connectivity index (χ0n) is 7.32. The van der Waals surface area contributed by atoms with Gasteiger partial charge in [0.05, 0.1) is 0 Å². The Morgan fingerprint density at radius 2 is 1.85 bits per heavy atom. The molecule has 0 aromatic heterocycles. The molecule has 0 aliphatic rings. The van der Waals surface area contributed by atoms with Gasteiger partial charge in [-0.25, -0.2) is 4.79 Å². The van der Waals surface area contributed by atoms with Crippen LogP contribution in [0.15, 0.2) is 30.3 Å². The fourth-order valence-electron chi connectivity index (χ4n) is 0.825. The maximum absolute atomic E-state index is 10.7. The number of rotatable bonds is 3. The fraction of sp³-hybridized carbons (Fsp3) is 0.200. The van der Waals surface area contributed by atoms with Gasteiger partial charge in [-0.15, -0.1) is 0 Å². The van der Waals surface area contributed by atoms with E-state index < -0.39 is 11.8 Å². The van der Waals surface area contributed by atoms with Crippen LogP contribution in [-0.4, -0.2) is 11.8 Å². The van der Waals surface area contributed by atoms with E-state index in [0.717, 1.165) is 5.56 Å². The van der Waals surface area contributed by atoms with Crippen LogP contribution in [0.5, 0.6) is 0 Å². The molecule has 0 spiro atoms. The van der Waals surface area contributed by atoms with Crippen LogP contribution in [0, 0.1) is 0 Å². The van der Waals surface area contributed by atoms with Crippen LogP contribution in [0.3, 0.4) is 0 Å². The lowest BCUT2D eigenvalue weighted by molar-refractivity contribution is -0.153. The lowest BCUT2D eigenvalue weighted by atomic mass is 10.3. The first-order valence-corrected chi connectivity index (χ1v) is 3.92. The number of hydrogen-bond donors (Lipinski definition) is 0. The van der Waals surface area contributed by atoms with Crippen LogP contribution < -0.4 is 0 Å². The Morgan fingerprint density at radius 1 is 1.23 bits per heavy atom. The van der Waals surface area contributed by atoms with E-state index in [2.05, 4.69) is 0 Å². The average molecular weight is 179 g/mol. The Morgan fingerprint density at radius 3 is 2.38 bits per heavy atom. The molecule has 0 N–H and O–H groups in total. The molecule has 0 fully saturated rings. The van der Waals surface area contributed by atoms with Gasteiger partial charge in [0.2, 0.25) is 5.78 Å². The van der Waals surface area contributed by atoms with Crippen molar-refractivity contribution in [3.05, 3.63) is 35.9 Å². The quantitative estimate of drug-likeness (QED) is 0.399. The molecule has 0 amide bonds. The summed E-state index contributed by atoms with van der Waals surface area (Å²) in [5, 5.41) is 0. The molecular weight excluding hydrogens is 169 g/mol. The van der Waals surface area contributed by atoms with E-state index in [-0.39, 0.29) is 6.61 Å². The van der Waals surface area contributed by atoms with Gasteiger partial charge in [0.1, 0.15) is 6.61 Å². The first-order valence-electron chi connectivity index (χ1n) is 3.92. The van der Waals surface area contributed by atoms with Gasteiger partial charge >= 0.3 is 5.97 Å². The van der Waals surface area contributed by atoms with Gasteiger partial charge in [-0.2, -0.15) is 0 Å². The molecule has 3 nitrogen and oxygen atoms in total. The summed E-state index contributed by atoms with van der Waals surface area (Å²) in [6.07, 6.45) is 0. The van der Waals surface area contributed by atoms with Gasteiger partial charge in [-0.05, 0) is 5.56 Å². The van der Waals surface area contributed by atoms with E-state index in [0.29, 0.717) is 0 Å². The maximum atomic E-state index is 10.7. The molecule has 0 saturated carbocycles. The molecule has 0 saturated heterocycles. The molecule has 13 heavy (non-hydrogen) atoms. The second-order valence-corrected chi connectivity index (χ2v) is 2.62. The van der Waals surface area contributed by atoms with Crippen LogP contribution in [0.2, 0.25) is 0 Å². The van der Waals surface area contributed by atoms with Crippen LogP contribution in [0.1, 0.15) is 12.5 Å². The smallest absolute Gasteiger partial charge is 0.374 e. The Kier molecular flexibility index (Phi) is 3.20. The second kappa shape index (κ2) is 4.40. The molecule has 0 unspecified atom stereocenters. The summed E-state index contributed by atoms with van der Waals surface area (Å²) in [6.45, 7) is 1.34. The number of hydrogen-bond acceptors (Lipinski definition) is 3. The van der Waals surface area contributed by atoms with E-state index in [1.54, 1.807) is 0 Å². The molecule has 1 aromatic rings. The topological polar surface area (TPSA) is 43.4 Å². The maximum Gasteiger partial charge on any atom is 0.374 e. The zero-order valence-corrected chi connectivity index (χ0v) is 7.32. The molecule has 0 heterocycles. The summed E-state index contributed by atoms with van der Waals surface area (Å²) in [4.78, 5) is 21.2. The number of esters is 1. The number of carbonyl (C=O) groups is 2. The first kappa shape index (κ1) is 9.45. The highest BCUT2D eigenvalue weighted by Gasteiger charge is 2.07. The van der Waals surface area contributed by atoms with E-state index in [1.807, 2.05) is 30.3 Å². The molecule has 1 rings (SSSR count). The van der Waals surface area contributed by atoms with Crippen molar-refractivity contribution in [1.29, 1.82) is 0 Å². The molecule has 3 heteroatoms. The van der Waals surface area contributed by atoms with Gasteiger partial charge in [0.15, 0.2) is 0 Å². The molecule has 68 valence electrons. The summed E-state index contributed by atoms with van der Waals surface area (Å²) >= 11 is 0. The molecule has 0 atom stereocenters. The van der Waals surface area contributed by atoms with Crippen molar-refractivity contribution in [2.75, 3.05) is 0 Å². The standard InChI is InChI=1S/C10H10O3/c1-8(11)10(12)13-7-9-5-3-2-4-6-9/h2-6H,7H2,1H3/i7+1. The van der Waals surface area contributed by atoms with Crippen molar-refractivity contribution in [1.82, 2.24) is 0 Å². The molecular formula is C10H10O3. The van der Waals surface area contributed by atoms with Crippen LogP contribution >= 0.6 is 0 Å². The number of carbonyl (C=O) groups excluding carboxylic acids is 2. The van der Waals surface area contributed by atoms with E-state index in [4.69, 9.17) is 4.74 Å². The summed E-state index contributed by atoms with van der Waals surface area (Å²) < 4.78 is 4.70. The number of ether oxygens (including phenoxy) is 1. The van der Waals surface area contributed by atoms with Crippen LogP contribution in [0.4, 0.5) is 0 Å². The van der Waals surface area contributed by atoms with Gasteiger partial charge in [-0.1, -0.05) is 30.3 Å². The monoisotopic (exact) mass is 179 g/mol. The predicted molar refractivity (Wildman–Crippen MR) is 46.9 cm³/mol. The highest BCUT2D eigenvalue weighted by molar-refractivity contribution is 6.32. The highest BCUT2D eigenvalue weighted by atomic mass is 16.6. The third-order valence-electron chi connectivity index (χ3n) is 1.50. The third kappa shape index (κ3) is 3.07. The van der Waals surface area contributed by atoms with Crippen LogP contribution in [0.25, 0.3) is 0 Å². The Bertz CT molecular complexity index is 303. The lowest BCUT2D eigenvalue weighted by Gasteiger charge is -2.01. The van der Waals surface area contributed by atoms with E-state index >= 15 is 0 Å². The van der Waals surface area contributed by atoms with Crippen molar-refractivity contribution < 1.29 is 14.3 Å². The van der Waals surface area contributed by atoms with Crippen LogP contribution in [-0.2, 0) is 20.9 Å². The number of benzene rings is 1. The molecule has 1 aromatic carbocycles. The second-order valence-electron chi connectivity index (χ2n) is 2.62. The fourth-order valence-corrected chi connectivity index (χ4v) is 0.825. The van der Waals surface area contributed by atoms with Crippen molar-refractivity contribution in [3.63, 3.8) is 0 Å². The SMILES string of the molecule is CC(=O)C(=O)O[13CH2]c1ccccc1. The number of Topliss-reactive ketones (excluding diaryl/α,β-unsaturated/α-hetero) is 1. The molecule has 0 aliphatic carbocycles. The summed E-state index contributed by atoms with van der Waals surface area (Å²) in [5.74, 6) is -1.36. The zero-order chi connectivity index (χ0) is 9.68. The average Bonchev–Trinajstić information content (AvgIpc) is 2.15. The molecule has 0 aliphatic heterocycles. The summed E-state index contributed by atoms with van der Waals surface area (Å²) in [5.41, 5.74) is 0.872. The molecule has 0 radical (unpaired) electrons. The lowest BCUT2D eigenvalue weighted by Crippen LogP contribution is -2.13. The van der Waals surface area contributed by atoms with Crippen molar-refractivity contribution in [3.8, 4) is 0 Å². The number of ketones is 1. The minimum atomic E-state index is -0.788. The van der Waals surface area contributed by atoms with Gasteiger partial charge in [0, 0.05) is 6.92 Å². The Balaban J connectivity index is 2.44. The predicted octanol–water partition coefficient (Wildman–Crippen LogP) is 1.32. The van der Waals surface area contributed by atoms with Gasteiger partial charge in [-0.3, -0.25) is 4.79 Å². The minimum Gasteiger partial charge on any atom is -0.455 e. The third-order valence-corrected chi connectivity index (χ3v) is 1.50.